The first kappa shape index (κ1) is 28.8. The molecule has 232 valence electrons. The Kier molecular flexibility index (Phi) is 7.04. The number of fused-ring (bicyclic) bond motifs is 9. The zero-order valence-corrected chi connectivity index (χ0v) is 27.8. The van der Waals surface area contributed by atoms with Crippen LogP contribution in [0.3, 0.4) is 0 Å². The molecule has 0 aliphatic rings. The molecule has 9 rings (SSSR count). The molecule has 0 bridgehead atoms. The van der Waals surface area contributed by atoms with Crippen LogP contribution in [0.4, 0.5) is 0 Å². The maximum absolute atomic E-state index is 7.24. The maximum Gasteiger partial charge on any atom is 0.310 e. The van der Waals surface area contributed by atoms with Gasteiger partial charge in [-0.3, -0.25) is 0 Å². The number of benzene rings is 8. The summed E-state index contributed by atoms with van der Waals surface area (Å²) in [6.07, 6.45) is 0. The van der Waals surface area contributed by atoms with E-state index in [1.165, 1.54) is 43.4 Å². The molecule has 1 heterocycles. The molecule has 1 aromatic heterocycles. The van der Waals surface area contributed by atoms with E-state index < -0.39 is 8.16 Å². The van der Waals surface area contributed by atoms with E-state index in [1.807, 2.05) is 0 Å². The zero-order chi connectivity index (χ0) is 32.2. The second kappa shape index (κ2) is 11.7. The summed E-state index contributed by atoms with van der Waals surface area (Å²) >= 11 is 0. The van der Waals surface area contributed by atoms with Gasteiger partial charge >= 0.3 is 8.16 Å². The molecule has 0 amide bonds. The van der Waals surface area contributed by atoms with E-state index in [2.05, 4.69) is 176 Å². The Balaban J connectivity index is 1.43. The lowest BCUT2D eigenvalue weighted by molar-refractivity contribution is 0.578. The molecule has 3 nitrogen and oxygen atoms in total. The Morgan fingerprint density at radius 3 is 1.23 bits per heavy atom. The second-order valence-electron chi connectivity index (χ2n) is 12.8. The molecule has 0 radical (unpaired) electrons. The molecule has 0 saturated carbocycles. The van der Waals surface area contributed by atoms with Gasteiger partial charge in [0.25, 0.3) is 0 Å². The number of nitrogens with zero attached hydrogens (tertiary/aromatic N) is 1. The van der Waals surface area contributed by atoms with Crippen molar-refractivity contribution in [1.29, 1.82) is 0 Å². The normalized spacial score (nSPS) is 12.1. The molecule has 8 aromatic carbocycles. The van der Waals surface area contributed by atoms with Crippen LogP contribution in [0.2, 0.25) is 0 Å². The van der Waals surface area contributed by atoms with Crippen LogP contribution in [0.5, 0.6) is 0 Å². The van der Waals surface area contributed by atoms with Crippen molar-refractivity contribution in [3.05, 3.63) is 169 Å². The fourth-order valence-electron chi connectivity index (χ4n) is 7.46. The number of rotatable bonds is 5. The van der Waals surface area contributed by atoms with Crippen LogP contribution in [-0.2, 0) is 0 Å². The fourth-order valence-corrected chi connectivity index (χ4v) is 9.14. The topological polar surface area (TPSA) is 29.5 Å². The van der Waals surface area contributed by atoms with Crippen molar-refractivity contribution < 1.29 is 8.39 Å². The molecule has 0 atom stereocenters. The largest absolute Gasteiger partial charge is 0.408 e. The molecule has 0 aliphatic heterocycles. The lowest BCUT2D eigenvalue weighted by Crippen LogP contribution is -2.33. The summed E-state index contributed by atoms with van der Waals surface area (Å²) < 4.78 is 16.9. The van der Waals surface area contributed by atoms with Gasteiger partial charge in [-0.2, -0.15) is 4.67 Å². The van der Waals surface area contributed by atoms with Crippen molar-refractivity contribution in [1.82, 2.24) is 0 Å². The van der Waals surface area contributed by atoms with Gasteiger partial charge in [0, 0.05) is 16.8 Å². The minimum atomic E-state index is -1.65. The third-order valence-electron chi connectivity index (χ3n) is 9.60. The van der Waals surface area contributed by atoms with E-state index in [9.17, 15) is 0 Å². The lowest BCUT2D eigenvalue weighted by Gasteiger charge is -2.33. The van der Waals surface area contributed by atoms with Crippen LogP contribution in [0.25, 0.3) is 65.0 Å². The van der Waals surface area contributed by atoms with Crippen LogP contribution in [0, 0.1) is 0 Å². The second-order valence-corrected chi connectivity index (χ2v) is 14.1. The van der Waals surface area contributed by atoms with Gasteiger partial charge in [-0.15, -0.1) is 0 Å². The minimum Gasteiger partial charge on any atom is -0.408 e. The predicted molar refractivity (Wildman–Crippen MR) is 204 cm³/mol. The first-order valence-corrected chi connectivity index (χ1v) is 17.7. The van der Waals surface area contributed by atoms with Gasteiger partial charge in [-0.25, -0.2) is 0 Å². The molecule has 0 unspecified atom stereocenters. The molecule has 48 heavy (non-hydrogen) atoms. The fraction of sp³-hybridized carbons (Fsp3) is 0.0909. The van der Waals surface area contributed by atoms with E-state index in [1.54, 1.807) is 0 Å². The van der Waals surface area contributed by atoms with Crippen molar-refractivity contribution >= 4 is 73.2 Å². The highest BCUT2D eigenvalue weighted by Crippen LogP contribution is 2.48. The zero-order valence-electron chi connectivity index (χ0n) is 26.9. The molecule has 0 saturated heterocycles. The van der Waals surface area contributed by atoms with Gasteiger partial charge in [0.1, 0.15) is 11.2 Å². The van der Waals surface area contributed by atoms with E-state index in [0.717, 1.165) is 32.7 Å². The smallest absolute Gasteiger partial charge is 0.310 e. The van der Waals surface area contributed by atoms with Gasteiger partial charge in [0.05, 0.1) is 6.04 Å². The summed E-state index contributed by atoms with van der Waals surface area (Å²) in [5, 5.41) is 11.7. The monoisotopic (exact) mass is 639 g/mol. The quantitative estimate of drug-likeness (QED) is 0.188. The first-order chi connectivity index (χ1) is 23.7. The van der Waals surface area contributed by atoms with Gasteiger partial charge in [-0.05, 0) is 80.2 Å². The Labute approximate surface area is 280 Å². The summed E-state index contributed by atoms with van der Waals surface area (Å²) in [6.45, 7) is 4.51. The predicted octanol–water partition coefficient (Wildman–Crippen LogP) is 13.0. The highest BCUT2D eigenvalue weighted by Gasteiger charge is 2.32. The SMILES string of the molecule is CC(C)N(C(c1cccc2ccccc12)c1cccc2ccccc12)p1oc2ccc3ccccc3c2c2c(ccc3ccccc32)o1. The van der Waals surface area contributed by atoms with Crippen molar-refractivity contribution in [2.45, 2.75) is 25.9 Å². The van der Waals surface area contributed by atoms with Crippen molar-refractivity contribution in [2.24, 2.45) is 0 Å². The highest BCUT2D eigenvalue weighted by molar-refractivity contribution is 7.39. The molecule has 0 fully saturated rings. The molecule has 0 N–H and O–H groups in total. The van der Waals surface area contributed by atoms with E-state index in [0.29, 0.717) is 0 Å². The summed E-state index contributed by atoms with van der Waals surface area (Å²) in [5.41, 5.74) is 4.15. The van der Waals surface area contributed by atoms with Crippen LogP contribution in [0.1, 0.15) is 31.0 Å². The lowest BCUT2D eigenvalue weighted by atomic mass is 9.90. The molecule has 9 aromatic rings. The Morgan fingerprint density at radius 1 is 0.417 bits per heavy atom. The van der Waals surface area contributed by atoms with E-state index >= 15 is 0 Å². The van der Waals surface area contributed by atoms with Crippen LogP contribution >= 0.6 is 8.16 Å². The van der Waals surface area contributed by atoms with E-state index in [4.69, 9.17) is 8.39 Å². The first-order valence-electron chi connectivity index (χ1n) is 16.6. The number of hydrogen-bond donors (Lipinski definition) is 0. The third kappa shape index (κ3) is 4.70. The molecular formula is C44H34NO2P. The third-order valence-corrected chi connectivity index (χ3v) is 11.4. The molecular weight excluding hydrogens is 605 g/mol. The molecule has 0 spiro atoms. The molecule has 0 aliphatic carbocycles. The molecule has 4 heteroatoms. The standard InChI is InChI=1S/C44H34NO2P/c1-29(2)45(44(38-23-11-17-30-13-3-7-19-34(30)38)39-24-12-18-31-14-4-8-20-35(31)39)48-46-40-27-25-32-15-5-9-21-36(32)42(40)43-37-22-10-6-16-33(37)26-28-41(43)47-48/h3-29,44H,1-2H3. The van der Waals surface area contributed by atoms with Gasteiger partial charge in [0.2, 0.25) is 0 Å². The summed E-state index contributed by atoms with van der Waals surface area (Å²) in [5.74, 6) is 0. The van der Waals surface area contributed by atoms with Gasteiger partial charge in [-0.1, -0.05) is 146 Å². The van der Waals surface area contributed by atoms with Gasteiger partial charge in [0.15, 0.2) is 0 Å². The summed E-state index contributed by atoms with van der Waals surface area (Å²) in [7, 11) is -1.65. The Hall–Kier alpha value is -5.34. The average Bonchev–Trinajstić information content (AvgIpc) is 3.30. The average molecular weight is 640 g/mol. The minimum absolute atomic E-state index is 0.0740. The van der Waals surface area contributed by atoms with Crippen molar-refractivity contribution in [3.63, 3.8) is 0 Å². The van der Waals surface area contributed by atoms with Gasteiger partial charge < -0.3 is 8.39 Å². The Morgan fingerprint density at radius 2 is 0.792 bits per heavy atom. The van der Waals surface area contributed by atoms with Crippen LogP contribution < -0.4 is 4.67 Å². The summed E-state index contributed by atoms with van der Waals surface area (Å²) in [4.78, 5) is 0. The Bertz CT molecular complexity index is 2510. The number of hydrogen-bond acceptors (Lipinski definition) is 3. The van der Waals surface area contributed by atoms with Crippen LogP contribution in [-0.4, -0.2) is 6.04 Å². The maximum atomic E-state index is 7.24. The van der Waals surface area contributed by atoms with E-state index in [-0.39, 0.29) is 12.1 Å². The highest BCUT2D eigenvalue weighted by atomic mass is 31.1. The van der Waals surface area contributed by atoms with Crippen LogP contribution in [0.15, 0.2) is 166 Å². The van der Waals surface area contributed by atoms with Crippen molar-refractivity contribution in [3.8, 4) is 0 Å². The summed E-state index contributed by atoms with van der Waals surface area (Å²) in [6, 6.07) is 56.4. The van der Waals surface area contributed by atoms with Crippen molar-refractivity contribution in [2.75, 3.05) is 4.67 Å².